The predicted molar refractivity (Wildman–Crippen MR) is 98.2 cm³/mol. The molecule has 2 N–H and O–H groups in total. The summed E-state index contributed by atoms with van der Waals surface area (Å²) in [5.74, 6) is 0.538. The number of thioether (sulfide) groups is 1. The second-order valence-corrected chi connectivity index (χ2v) is 6.54. The average Bonchev–Trinajstić information content (AvgIpc) is 2.62. The molecule has 0 spiro atoms. The van der Waals surface area contributed by atoms with E-state index in [1.807, 2.05) is 24.3 Å². The minimum absolute atomic E-state index is 0.163. The highest BCUT2D eigenvalue weighted by Gasteiger charge is 2.15. The molecule has 2 rings (SSSR count). The fraction of sp³-hybridized carbons (Fsp3) is 0.263. The van der Waals surface area contributed by atoms with E-state index in [1.54, 1.807) is 43.0 Å². The molecular weight excluding hydrogens is 320 g/mol. The Kier molecular flexibility index (Phi) is 7.36. The van der Waals surface area contributed by atoms with Crippen molar-refractivity contribution in [2.75, 3.05) is 12.3 Å². The summed E-state index contributed by atoms with van der Waals surface area (Å²) in [5.41, 5.74) is 0.552. The lowest BCUT2D eigenvalue weighted by Gasteiger charge is -2.14. The third-order valence-corrected chi connectivity index (χ3v) is 4.51. The van der Waals surface area contributed by atoms with Gasteiger partial charge in [0, 0.05) is 17.0 Å². The molecule has 2 aromatic carbocycles. The van der Waals surface area contributed by atoms with E-state index in [0.29, 0.717) is 12.1 Å². The number of hydrogen-bond donors (Lipinski definition) is 2. The maximum absolute atomic E-state index is 12.0. The first-order valence-electron chi connectivity index (χ1n) is 7.98. The molecule has 0 heterocycles. The molecule has 0 aliphatic rings. The highest BCUT2D eigenvalue weighted by molar-refractivity contribution is 7.99. The largest absolute Gasteiger partial charge is 0.354 e. The van der Waals surface area contributed by atoms with Crippen molar-refractivity contribution in [2.45, 2.75) is 24.3 Å². The maximum Gasteiger partial charge on any atom is 0.251 e. The summed E-state index contributed by atoms with van der Waals surface area (Å²) in [7, 11) is 0. The Morgan fingerprint density at radius 1 is 1.00 bits per heavy atom. The van der Waals surface area contributed by atoms with Gasteiger partial charge in [-0.1, -0.05) is 36.4 Å². The van der Waals surface area contributed by atoms with E-state index < -0.39 is 6.04 Å². The van der Waals surface area contributed by atoms with E-state index in [4.69, 9.17) is 0 Å². The zero-order valence-corrected chi connectivity index (χ0v) is 14.5. The quantitative estimate of drug-likeness (QED) is 0.572. The molecule has 1 atom stereocenters. The van der Waals surface area contributed by atoms with Crippen molar-refractivity contribution >= 4 is 23.6 Å². The van der Waals surface area contributed by atoms with Crippen LogP contribution in [0.2, 0.25) is 0 Å². The Bertz CT molecular complexity index is 647. The Hall–Kier alpha value is -2.27. The summed E-state index contributed by atoms with van der Waals surface area (Å²) in [6.07, 6.45) is 0.880. The van der Waals surface area contributed by atoms with Gasteiger partial charge in [-0.2, -0.15) is 0 Å². The molecule has 1 unspecified atom stereocenters. The molecule has 0 aliphatic heterocycles. The van der Waals surface area contributed by atoms with Gasteiger partial charge in [0.05, 0.1) is 0 Å². The van der Waals surface area contributed by atoms with Gasteiger partial charge in [0.2, 0.25) is 5.91 Å². The van der Waals surface area contributed by atoms with Crippen LogP contribution >= 0.6 is 11.8 Å². The highest BCUT2D eigenvalue weighted by Crippen LogP contribution is 2.17. The van der Waals surface area contributed by atoms with Crippen molar-refractivity contribution in [2.24, 2.45) is 0 Å². The molecule has 0 fully saturated rings. The van der Waals surface area contributed by atoms with E-state index in [0.717, 1.165) is 12.2 Å². The van der Waals surface area contributed by atoms with Crippen molar-refractivity contribution < 1.29 is 9.59 Å². The van der Waals surface area contributed by atoms with Crippen molar-refractivity contribution in [3.05, 3.63) is 66.2 Å². The molecular formula is C19H22N2O2S. The Balaban J connectivity index is 1.64. The fourth-order valence-electron chi connectivity index (χ4n) is 2.08. The number of carbonyl (C=O) groups excluding carboxylic acids is 2. The molecule has 0 bridgehead atoms. The second-order valence-electron chi connectivity index (χ2n) is 5.37. The van der Waals surface area contributed by atoms with Gasteiger partial charge in [-0.15, -0.1) is 11.8 Å². The third kappa shape index (κ3) is 6.08. The number of hydrogen-bond acceptors (Lipinski definition) is 3. The number of amides is 2. The summed E-state index contributed by atoms with van der Waals surface area (Å²) in [6, 6.07) is 18.5. The summed E-state index contributed by atoms with van der Waals surface area (Å²) in [6.45, 7) is 2.29. The van der Waals surface area contributed by atoms with E-state index in [-0.39, 0.29) is 11.8 Å². The van der Waals surface area contributed by atoms with E-state index in [1.165, 1.54) is 4.90 Å². The van der Waals surface area contributed by atoms with Crippen molar-refractivity contribution in [1.29, 1.82) is 0 Å². The average molecular weight is 342 g/mol. The number of benzene rings is 2. The zero-order chi connectivity index (χ0) is 17.2. The smallest absolute Gasteiger partial charge is 0.251 e. The van der Waals surface area contributed by atoms with E-state index in [9.17, 15) is 9.59 Å². The van der Waals surface area contributed by atoms with Gasteiger partial charge in [-0.3, -0.25) is 9.59 Å². The zero-order valence-electron chi connectivity index (χ0n) is 13.7. The van der Waals surface area contributed by atoms with Crippen LogP contribution in [0.1, 0.15) is 23.7 Å². The molecule has 0 radical (unpaired) electrons. The topological polar surface area (TPSA) is 58.2 Å². The first-order chi connectivity index (χ1) is 11.7. The van der Waals surface area contributed by atoms with Gasteiger partial charge in [-0.25, -0.2) is 0 Å². The molecule has 0 saturated heterocycles. The maximum atomic E-state index is 12.0. The second kappa shape index (κ2) is 9.78. The van der Waals surface area contributed by atoms with Crippen LogP contribution in [0.25, 0.3) is 0 Å². The molecule has 4 nitrogen and oxygen atoms in total. The molecule has 0 aliphatic carbocycles. The SMILES string of the molecule is CC(NC(=O)c1ccccc1)C(=O)NCCCSc1ccccc1. The Morgan fingerprint density at radius 2 is 1.62 bits per heavy atom. The molecule has 0 aromatic heterocycles. The van der Waals surface area contributed by atoms with Gasteiger partial charge in [0.1, 0.15) is 6.04 Å². The molecule has 126 valence electrons. The summed E-state index contributed by atoms with van der Waals surface area (Å²) in [4.78, 5) is 25.2. The minimum atomic E-state index is -0.556. The standard InChI is InChI=1S/C19H22N2O2S/c1-15(21-19(23)16-9-4-2-5-10-16)18(22)20-13-8-14-24-17-11-6-3-7-12-17/h2-7,9-12,15H,8,13-14H2,1H3,(H,20,22)(H,21,23). The van der Waals surface area contributed by atoms with Crippen LogP contribution in [0, 0.1) is 0 Å². The summed E-state index contributed by atoms with van der Waals surface area (Å²) < 4.78 is 0. The van der Waals surface area contributed by atoms with Gasteiger partial charge in [-0.05, 0) is 43.4 Å². The fourth-order valence-corrected chi connectivity index (χ4v) is 2.95. The lowest BCUT2D eigenvalue weighted by molar-refractivity contribution is -0.122. The van der Waals surface area contributed by atoms with Crippen LogP contribution in [0.5, 0.6) is 0 Å². The molecule has 24 heavy (non-hydrogen) atoms. The van der Waals surface area contributed by atoms with Crippen LogP contribution in [-0.4, -0.2) is 30.2 Å². The number of carbonyl (C=O) groups is 2. The van der Waals surface area contributed by atoms with Gasteiger partial charge in [0.25, 0.3) is 5.91 Å². The van der Waals surface area contributed by atoms with Crippen LogP contribution in [0.3, 0.4) is 0 Å². The lowest BCUT2D eigenvalue weighted by Crippen LogP contribution is -2.45. The van der Waals surface area contributed by atoms with Gasteiger partial charge >= 0.3 is 0 Å². The van der Waals surface area contributed by atoms with Crippen LogP contribution in [-0.2, 0) is 4.79 Å². The third-order valence-electron chi connectivity index (χ3n) is 3.41. The number of rotatable bonds is 8. The highest BCUT2D eigenvalue weighted by atomic mass is 32.2. The Labute approximate surface area is 147 Å². The summed E-state index contributed by atoms with van der Waals surface area (Å²) in [5, 5.41) is 5.57. The van der Waals surface area contributed by atoms with Crippen molar-refractivity contribution in [3.8, 4) is 0 Å². The molecule has 5 heteroatoms. The summed E-state index contributed by atoms with van der Waals surface area (Å²) >= 11 is 1.77. The van der Waals surface area contributed by atoms with Gasteiger partial charge < -0.3 is 10.6 Å². The van der Waals surface area contributed by atoms with E-state index >= 15 is 0 Å². The first kappa shape index (κ1) is 18.1. The van der Waals surface area contributed by atoms with Gasteiger partial charge in [0.15, 0.2) is 0 Å². The number of nitrogens with one attached hydrogen (secondary N) is 2. The monoisotopic (exact) mass is 342 g/mol. The predicted octanol–water partition coefficient (Wildman–Crippen LogP) is 3.10. The molecule has 2 aromatic rings. The molecule has 2 amide bonds. The van der Waals surface area contributed by atoms with E-state index in [2.05, 4.69) is 22.8 Å². The molecule has 0 saturated carbocycles. The lowest BCUT2D eigenvalue weighted by atomic mass is 10.2. The Morgan fingerprint density at radius 3 is 2.29 bits per heavy atom. The van der Waals surface area contributed by atoms with Crippen molar-refractivity contribution in [3.63, 3.8) is 0 Å². The van der Waals surface area contributed by atoms with Crippen LogP contribution in [0.15, 0.2) is 65.6 Å². The van der Waals surface area contributed by atoms with Crippen molar-refractivity contribution in [1.82, 2.24) is 10.6 Å². The van der Waals surface area contributed by atoms with Crippen LogP contribution < -0.4 is 10.6 Å². The first-order valence-corrected chi connectivity index (χ1v) is 8.97. The minimum Gasteiger partial charge on any atom is -0.354 e. The van der Waals surface area contributed by atoms with Crippen LogP contribution in [0.4, 0.5) is 0 Å². The normalized spacial score (nSPS) is 11.5.